The molecule has 0 radical (unpaired) electrons. The van der Waals surface area contributed by atoms with Gasteiger partial charge in [-0.25, -0.2) is 0 Å². The third kappa shape index (κ3) is 5.33. The second-order valence-electron chi connectivity index (χ2n) is 9.39. The Morgan fingerprint density at radius 2 is 1.92 bits per heavy atom. The molecule has 0 aliphatic heterocycles. The van der Waals surface area contributed by atoms with Crippen LogP contribution in [0.2, 0.25) is 22.9 Å². The first-order chi connectivity index (χ1) is 11.9. The molecule has 1 saturated carbocycles. The second-order valence-corrected chi connectivity index (χ2v) is 16.9. The molecule has 0 saturated heterocycles. The van der Waals surface area contributed by atoms with Gasteiger partial charge in [0, 0.05) is 0 Å². The van der Waals surface area contributed by atoms with Crippen LogP contribution in [0.5, 0.6) is 0 Å². The Labute approximate surface area is 167 Å². The topological polar surface area (TPSA) is 29.5 Å². The molecule has 0 amide bonds. The van der Waals surface area contributed by atoms with Crippen molar-refractivity contribution in [2.75, 3.05) is 6.61 Å². The van der Waals surface area contributed by atoms with Crippen molar-refractivity contribution in [3.05, 3.63) is 42.5 Å². The predicted molar refractivity (Wildman–Crippen MR) is 116 cm³/mol. The van der Waals surface area contributed by atoms with Crippen molar-refractivity contribution in [1.29, 1.82) is 0 Å². The molecule has 146 valence electrons. The van der Waals surface area contributed by atoms with Gasteiger partial charge in [-0.2, -0.15) is 0 Å². The zero-order chi connectivity index (χ0) is 19.6. The molecule has 1 N–H and O–H groups in total. The first-order valence-electron chi connectivity index (χ1n) is 9.68. The molecule has 0 heterocycles. The molecule has 0 aromatic heterocycles. The fourth-order valence-corrected chi connectivity index (χ4v) is 7.07. The summed E-state index contributed by atoms with van der Waals surface area (Å²) in [5.74, 6) is 0.527. The van der Waals surface area contributed by atoms with E-state index in [-0.39, 0.29) is 24.8 Å². The summed E-state index contributed by atoms with van der Waals surface area (Å²) in [6.07, 6.45) is 2.87. The zero-order valence-corrected chi connectivity index (χ0v) is 20.1. The molecule has 0 spiro atoms. The fourth-order valence-electron chi connectivity index (χ4n) is 3.14. The Kier molecular flexibility index (Phi) is 7.01. The minimum atomic E-state index is -1.87. The van der Waals surface area contributed by atoms with Crippen LogP contribution < -0.4 is 4.46 Å². The van der Waals surface area contributed by atoms with Crippen LogP contribution in [0.25, 0.3) is 0 Å². The van der Waals surface area contributed by atoms with E-state index in [4.69, 9.17) is 4.43 Å². The van der Waals surface area contributed by atoms with Crippen LogP contribution in [0.4, 0.5) is 0 Å². The molecular formula is C22H36O2SeSi. The molecule has 1 aromatic carbocycles. The third-order valence-electron chi connectivity index (χ3n) is 6.23. The standard InChI is InChI=1S/C22H36O2SeSi/c1-17(2)18-13-14-22(23,16-24-26(6,7)21(3,4)5)20(15-18)25-19-11-9-8-10-12-19/h8-12,18,20,23H,1,13-16H2,2-7H3/t18-,20+,22-/m0/s1. The molecule has 3 atom stereocenters. The van der Waals surface area contributed by atoms with E-state index in [1.807, 2.05) is 0 Å². The molecule has 26 heavy (non-hydrogen) atoms. The van der Waals surface area contributed by atoms with Gasteiger partial charge in [-0.05, 0) is 0 Å². The van der Waals surface area contributed by atoms with Crippen molar-refractivity contribution in [2.45, 2.75) is 75.5 Å². The summed E-state index contributed by atoms with van der Waals surface area (Å²) < 4.78 is 7.84. The number of hydrogen-bond acceptors (Lipinski definition) is 2. The second kappa shape index (κ2) is 8.32. The van der Waals surface area contributed by atoms with Crippen molar-refractivity contribution < 1.29 is 9.53 Å². The first-order valence-corrected chi connectivity index (χ1v) is 14.4. The SMILES string of the molecule is C=C(C)[C@H]1CC[C@](O)(CO[Si](C)(C)C(C)(C)C)[C@H]([Se]c2ccccc2)C1. The van der Waals surface area contributed by atoms with Crippen LogP contribution in [0, 0.1) is 5.92 Å². The molecule has 1 aromatic rings. The minimum absolute atomic E-state index is 0.165. The van der Waals surface area contributed by atoms with Crippen LogP contribution in [-0.4, -0.2) is 40.6 Å². The van der Waals surface area contributed by atoms with Crippen LogP contribution in [-0.2, 0) is 4.43 Å². The Hall–Kier alpha value is -0.384. The van der Waals surface area contributed by atoms with E-state index in [1.54, 1.807) is 0 Å². The monoisotopic (exact) mass is 440 g/mol. The van der Waals surface area contributed by atoms with Gasteiger partial charge in [0.1, 0.15) is 0 Å². The van der Waals surface area contributed by atoms with Gasteiger partial charge in [0.2, 0.25) is 0 Å². The van der Waals surface area contributed by atoms with Gasteiger partial charge in [-0.1, -0.05) is 0 Å². The van der Waals surface area contributed by atoms with Crippen molar-refractivity contribution >= 4 is 27.7 Å². The van der Waals surface area contributed by atoms with Crippen molar-refractivity contribution in [1.82, 2.24) is 0 Å². The maximum atomic E-state index is 11.6. The number of benzene rings is 1. The predicted octanol–water partition coefficient (Wildman–Crippen LogP) is 4.93. The summed E-state index contributed by atoms with van der Waals surface area (Å²) in [7, 11) is -1.87. The van der Waals surface area contributed by atoms with Gasteiger partial charge in [-0.3, -0.25) is 0 Å². The van der Waals surface area contributed by atoms with E-state index in [0.29, 0.717) is 12.5 Å². The van der Waals surface area contributed by atoms with Crippen molar-refractivity contribution in [2.24, 2.45) is 5.92 Å². The van der Waals surface area contributed by atoms with Gasteiger partial charge >= 0.3 is 168 Å². The Morgan fingerprint density at radius 3 is 2.46 bits per heavy atom. The number of aliphatic hydroxyl groups is 1. The van der Waals surface area contributed by atoms with E-state index in [2.05, 4.69) is 77.7 Å². The Balaban J connectivity index is 2.17. The molecule has 2 nitrogen and oxygen atoms in total. The van der Waals surface area contributed by atoms with Crippen molar-refractivity contribution in [3.63, 3.8) is 0 Å². The summed E-state index contributed by atoms with van der Waals surface area (Å²) in [5.41, 5.74) is 0.545. The van der Waals surface area contributed by atoms with Gasteiger partial charge in [0.15, 0.2) is 0 Å². The molecule has 1 fully saturated rings. The summed E-state index contributed by atoms with van der Waals surface area (Å²) in [5, 5.41) is 11.8. The third-order valence-corrected chi connectivity index (χ3v) is 13.8. The van der Waals surface area contributed by atoms with Gasteiger partial charge in [0.25, 0.3) is 0 Å². The van der Waals surface area contributed by atoms with Crippen LogP contribution in [0.3, 0.4) is 0 Å². The molecular weight excluding hydrogens is 403 g/mol. The summed E-state index contributed by atoms with van der Waals surface area (Å²) in [4.78, 5) is 0.276. The van der Waals surface area contributed by atoms with E-state index in [1.165, 1.54) is 10.0 Å². The van der Waals surface area contributed by atoms with Crippen molar-refractivity contribution in [3.8, 4) is 0 Å². The number of hydrogen-bond donors (Lipinski definition) is 1. The molecule has 1 aliphatic rings. The van der Waals surface area contributed by atoms with E-state index < -0.39 is 13.9 Å². The molecule has 0 unspecified atom stereocenters. The Morgan fingerprint density at radius 1 is 1.31 bits per heavy atom. The first kappa shape index (κ1) is 21.9. The van der Waals surface area contributed by atoms with Gasteiger partial charge < -0.3 is 0 Å². The average molecular weight is 440 g/mol. The van der Waals surface area contributed by atoms with Gasteiger partial charge in [-0.15, -0.1) is 0 Å². The van der Waals surface area contributed by atoms with Crippen LogP contribution in [0.15, 0.2) is 42.5 Å². The van der Waals surface area contributed by atoms with E-state index >= 15 is 0 Å². The average Bonchev–Trinajstić information content (AvgIpc) is 2.55. The molecule has 0 bridgehead atoms. The van der Waals surface area contributed by atoms with Gasteiger partial charge in [0.05, 0.1) is 0 Å². The maximum absolute atomic E-state index is 11.6. The van der Waals surface area contributed by atoms with Crippen LogP contribution in [0.1, 0.15) is 47.0 Å². The van der Waals surface area contributed by atoms with Crippen LogP contribution >= 0.6 is 0 Å². The molecule has 1 aliphatic carbocycles. The molecule has 2 rings (SSSR count). The number of allylic oxidation sites excluding steroid dienone is 1. The quantitative estimate of drug-likeness (QED) is 0.503. The summed E-state index contributed by atoms with van der Waals surface area (Å²) in [6.45, 7) is 18.1. The van der Waals surface area contributed by atoms with E-state index in [9.17, 15) is 5.11 Å². The zero-order valence-electron chi connectivity index (χ0n) is 17.3. The Bertz CT molecular complexity index is 608. The summed E-state index contributed by atoms with van der Waals surface area (Å²) >= 11 is 0.237. The van der Waals surface area contributed by atoms with E-state index in [0.717, 1.165) is 19.3 Å². The summed E-state index contributed by atoms with van der Waals surface area (Å²) in [6, 6.07) is 10.6. The normalized spacial score (nSPS) is 27.3. The molecule has 4 heteroatoms. The number of rotatable bonds is 6. The fraction of sp³-hybridized carbons (Fsp3) is 0.636.